The Morgan fingerprint density at radius 1 is 1.14 bits per heavy atom. The fourth-order valence-electron chi connectivity index (χ4n) is 3.57. The van der Waals surface area contributed by atoms with Crippen molar-refractivity contribution in [2.75, 3.05) is 32.5 Å². The van der Waals surface area contributed by atoms with E-state index in [4.69, 9.17) is 10.5 Å². The van der Waals surface area contributed by atoms with Gasteiger partial charge in [0, 0.05) is 23.2 Å². The number of carbonyl (C=O) groups excluding carboxylic acids is 1. The minimum atomic E-state index is -0.638. The number of piperidine rings is 1. The van der Waals surface area contributed by atoms with E-state index in [2.05, 4.69) is 41.5 Å². The van der Waals surface area contributed by atoms with Gasteiger partial charge in [-0.25, -0.2) is 0 Å². The van der Waals surface area contributed by atoms with Gasteiger partial charge in [0.25, 0.3) is 0 Å². The number of nitrogens with zero attached hydrogens (tertiary/aromatic N) is 1. The van der Waals surface area contributed by atoms with Crippen LogP contribution in [0.2, 0.25) is 0 Å². The molecule has 1 heterocycles. The van der Waals surface area contributed by atoms with Crippen LogP contribution in [0.15, 0.2) is 54.6 Å². The second kappa shape index (κ2) is 10.1. The highest BCUT2D eigenvalue weighted by Crippen LogP contribution is 2.40. The van der Waals surface area contributed by atoms with E-state index in [1.54, 1.807) is 11.8 Å². The van der Waals surface area contributed by atoms with Gasteiger partial charge in [0.15, 0.2) is 0 Å². The third kappa shape index (κ3) is 5.75. The van der Waals surface area contributed by atoms with Crippen molar-refractivity contribution in [2.24, 2.45) is 5.73 Å². The van der Waals surface area contributed by atoms with Crippen LogP contribution in [0.1, 0.15) is 24.0 Å². The zero-order valence-electron chi connectivity index (χ0n) is 17.3. The van der Waals surface area contributed by atoms with Crippen LogP contribution in [-0.2, 0) is 21.9 Å². The van der Waals surface area contributed by atoms with Crippen molar-refractivity contribution in [3.05, 3.63) is 65.7 Å². The second-order valence-electron chi connectivity index (χ2n) is 7.67. The minimum Gasteiger partial charge on any atom is -0.460 e. The Kier molecular flexibility index (Phi) is 7.58. The van der Waals surface area contributed by atoms with Gasteiger partial charge in [0.2, 0.25) is 0 Å². The molecule has 0 spiro atoms. The molecule has 1 atom stereocenters. The largest absolute Gasteiger partial charge is 0.460 e. The van der Waals surface area contributed by atoms with E-state index < -0.39 is 6.04 Å². The summed E-state index contributed by atoms with van der Waals surface area (Å²) in [7, 11) is 4.03. The molecular weight excluding hydrogens is 382 g/mol. The molecule has 1 aliphatic heterocycles. The first-order valence-corrected chi connectivity index (χ1v) is 11.1. The predicted octanol–water partition coefficient (Wildman–Crippen LogP) is 3.50. The van der Waals surface area contributed by atoms with Gasteiger partial charge in [0.1, 0.15) is 12.6 Å². The molecule has 2 aromatic rings. The first-order chi connectivity index (χ1) is 14.0. The smallest absolute Gasteiger partial charge is 0.324 e. The number of nitrogens with one attached hydrogen (secondary N) is 1. The van der Waals surface area contributed by atoms with Crippen LogP contribution in [0, 0.1) is 0 Å². The number of carbonyl (C=O) groups is 1. The highest BCUT2D eigenvalue weighted by atomic mass is 32.2. The van der Waals surface area contributed by atoms with Gasteiger partial charge in [-0.2, -0.15) is 0 Å². The van der Waals surface area contributed by atoms with E-state index in [1.807, 2.05) is 37.4 Å². The summed E-state index contributed by atoms with van der Waals surface area (Å²) < 4.78 is 5.27. The standard InChI is InChI=1S/C23H31N3O2S/c1-25-20-10-8-19(9-11-20)17-29-23(12-14-26(2)15-13-23)21(24)22(27)28-16-18-6-4-3-5-7-18/h3-11,21,25H,12-17,24H2,1-2H3. The molecule has 0 radical (unpaired) electrons. The van der Waals surface area contributed by atoms with Crippen molar-refractivity contribution >= 4 is 23.4 Å². The van der Waals surface area contributed by atoms with E-state index >= 15 is 0 Å². The maximum atomic E-state index is 12.8. The zero-order chi connectivity index (χ0) is 20.7. The van der Waals surface area contributed by atoms with Gasteiger partial charge in [-0.05, 0) is 56.2 Å². The first kappa shape index (κ1) is 21.7. The van der Waals surface area contributed by atoms with Crippen molar-refractivity contribution < 1.29 is 9.53 Å². The summed E-state index contributed by atoms with van der Waals surface area (Å²) in [4.78, 5) is 15.1. The highest BCUT2D eigenvalue weighted by Gasteiger charge is 2.44. The number of nitrogens with two attached hydrogens (primary N) is 1. The van der Waals surface area contributed by atoms with Crippen LogP contribution in [0.3, 0.4) is 0 Å². The third-order valence-corrected chi connectivity index (χ3v) is 7.36. The zero-order valence-corrected chi connectivity index (χ0v) is 18.1. The summed E-state index contributed by atoms with van der Waals surface area (Å²) in [6.45, 7) is 2.14. The van der Waals surface area contributed by atoms with Gasteiger partial charge in [-0.3, -0.25) is 4.79 Å². The molecule has 29 heavy (non-hydrogen) atoms. The number of ether oxygens (including phenoxy) is 1. The Morgan fingerprint density at radius 3 is 2.41 bits per heavy atom. The van der Waals surface area contributed by atoms with Crippen LogP contribution in [0.5, 0.6) is 0 Å². The number of hydrogen-bond donors (Lipinski definition) is 2. The molecule has 6 heteroatoms. The molecule has 1 aliphatic rings. The second-order valence-corrected chi connectivity index (χ2v) is 9.07. The Labute approximate surface area is 178 Å². The molecule has 1 unspecified atom stereocenters. The van der Waals surface area contributed by atoms with Crippen LogP contribution in [0.4, 0.5) is 5.69 Å². The van der Waals surface area contributed by atoms with Crippen LogP contribution in [0.25, 0.3) is 0 Å². The molecule has 0 saturated carbocycles. The quantitative estimate of drug-likeness (QED) is 0.646. The average molecular weight is 414 g/mol. The molecule has 3 rings (SSSR count). The van der Waals surface area contributed by atoms with Crippen LogP contribution in [-0.4, -0.2) is 48.8 Å². The molecule has 5 nitrogen and oxygen atoms in total. The lowest BCUT2D eigenvalue weighted by molar-refractivity contribution is -0.147. The van der Waals surface area contributed by atoms with Crippen molar-refractivity contribution in [3.8, 4) is 0 Å². The molecule has 0 amide bonds. The monoisotopic (exact) mass is 413 g/mol. The van der Waals surface area contributed by atoms with Gasteiger partial charge in [0.05, 0.1) is 0 Å². The Bertz CT molecular complexity index is 774. The summed E-state index contributed by atoms with van der Waals surface area (Å²) >= 11 is 1.80. The number of anilines is 1. The molecular formula is C23H31N3O2S. The maximum absolute atomic E-state index is 12.8. The lowest BCUT2D eigenvalue weighted by Crippen LogP contribution is -2.56. The molecule has 0 aromatic heterocycles. The lowest BCUT2D eigenvalue weighted by atomic mass is 9.88. The Hall–Kier alpha value is -2.02. The topological polar surface area (TPSA) is 67.6 Å². The maximum Gasteiger partial charge on any atom is 0.324 e. The van der Waals surface area contributed by atoms with E-state index in [9.17, 15) is 4.79 Å². The minimum absolute atomic E-state index is 0.263. The number of thioether (sulfide) groups is 1. The first-order valence-electron chi connectivity index (χ1n) is 10.1. The summed E-state index contributed by atoms with van der Waals surface area (Å²) in [5.41, 5.74) is 9.82. The summed E-state index contributed by atoms with van der Waals surface area (Å²) in [6.07, 6.45) is 1.76. The predicted molar refractivity (Wildman–Crippen MR) is 121 cm³/mol. The fourth-order valence-corrected chi connectivity index (χ4v) is 4.96. The van der Waals surface area contributed by atoms with Crippen LogP contribution >= 0.6 is 11.8 Å². The normalized spacial score (nSPS) is 17.5. The summed E-state index contributed by atoms with van der Waals surface area (Å²) in [6, 6.07) is 17.5. The van der Waals surface area contributed by atoms with E-state index in [0.29, 0.717) is 0 Å². The summed E-state index contributed by atoms with van der Waals surface area (Å²) in [5.74, 6) is 0.518. The summed E-state index contributed by atoms with van der Waals surface area (Å²) in [5, 5.41) is 3.14. The number of rotatable bonds is 8. The SMILES string of the molecule is CNc1ccc(CSC2(C(N)C(=O)OCc3ccccc3)CCN(C)CC2)cc1. The van der Waals surface area contributed by atoms with Crippen molar-refractivity contribution in [2.45, 2.75) is 36.0 Å². The average Bonchev–Trinajstić information content (AvgIpc) is 2.78. The fraction of sp³-hybridized carbons (Fsp3) is 0.435. The Morgan fingerprint density at radius 2 is 1.79 bits per heavy atom. The molecule has 156 valence electrons. The van der Waals surface area contributed by atoms with E-state index in [-0.39, 0.29) is 17.3 Å². The molecule has 0 bridgehead atoms. The molecule has 2 aromatic carbocycles. The van der Waals surface area contributed by atoms with E-state index in [0.717, 1.165) is 42.9 Å². The van der Waals surface area contributed by atoms with Crippen molar-refractivity contribution in [1.29, 1.82) is 0 Å². The van der Waals surface area contributed by atoms with Gasteiger partial charge >= 0.3 is 5.97 Å². The molecule has 1 saturated heterocycles. The number of likely N-dealkylation sites (tertiary alicyclic amines) is 1. The molecule has 1 fully saturated rings. The number of benzene rings is 2. The van der Waals surface area contributed by atoms with Crippen LogP contribution < -0.4 is 11.1 Å². The van der Waals surface area contributed by atoms with Crippen molar-refractivity contribution in [1.82, 2.24) is 4.90 Å². The van der Waals surface area contributed by atoms with E-state index in [1.165, 1.54) is 5.56 Å². The number of hydrogen-bond acceptors (Lipinski definition) is 6. The highest BCUT2D eigenvalue weighted by molar-refractivity contribution is 8.00. The van der Waals surface area contributed by atoms with Crippen molar-refractivity contribution in [3.63, 3.8) is 0 Å². The molecule has 3 N–H and O–H groups in total. The van der Waals surface area contributed by atoms with Gasteiger partial charge in [-0.1, -0.05) is 42.5 Å². The Balaban J connectivity index is 1.66. The van der Waals surface area contributed by atoms with Gasteiger partial charge < -0.3 is 20.7 Å². The molecule has 0 aliphatic carbocycles. The number of esters is 1. The van der Waals surface area contributed by atoms with Gasteiger partial charge in [-0.15, -0.1) is 11.8 Å². The third-order valence-electron chi connectivity index (χ3n) is 5.65. The lowest BCUT2D eigenvalue weighted by Gasteiger charge is -2.43.